The fourth-order valence-corrected chi connectivity index (χ4v) is 4.01. The zero-order valence-electron chi connectivity index (χ0n) is 16.6. The van der Waals surface area contributed by atoms with Crippen LogP contribution in [0.15, 0.2) is 72.8 Å². The van der Waals surface area contributed by atoms with Crippen molar-refractivity contribution in [1.82, 2.24) is 9.55 Å². The summed E-state index contributed by atoms with van der Waals surface area (Å²) in [6, 6.07) is 21.9. The van der Waals surface area contributed by atoms with Crippen molar-refractivity contribution in [3.63, 3.8) is 0 Å². The zero-order chi connectivity index (χ0) is 20.7. The molecule has 0 radical (unpaired) electrons. The highest BCUT2D eigenvalue weighted by Gasteiger charge is 2.26. The van der Waals surface area contributed by atoms with Crippen molar-refractivity contribution in [3.8, 4) is 11.5 Å². The molecule has 2 heterocycles. The first-order valence-corrected chi connectivity index (χ1v) is 9.99. The number of allylic oxidation sites excluding steroid dienone is 1. The van der Waals surface area contributed by atoms with Crippen LogP contribution in [0.4, 0.5) is 5.95 Å². The average molecular weight is 418 g/mol. The van der Waals surface area contributed by atoms with Crippen molar-refractivity contribution >= 4 is 34.3 Å². The SMILES string of the molecule is COc1ccc(C2C=C(c3ccc(Cl)cc3)Nc3nc4ccccc4n32)cc1OC. The van der Waals surface area contributed by atoms with Gasteiger partial charge in [-0.3, -0.25) is 4.57 Å². The lowest BCUT2D eigenvalue weighted by molar-refractivity contribution is 0.354. The Balaban J connectivity index is 1.70. The molecule has 0 spiro atoms. The maximum atomic E-state index is 6.09. The van der Waals surface area contributed by atoms with Gasteiger partial charge in [0.05, 0.1) is 31.3 Å². The Morgan fingerprint density at radius 2 is 1.70 bits per heavy atom. The standard InChI is InChI=1S/C24H20ClN3O2/c1-29-22-12-9-16(13-23(22)30-2)21-14-19(15-7-10-17(25)11-8-15)27-24-26-18-5-3-4-6-20(18)28(21)24/h3-14,21H,1-2H3,(H,26,27). The van der Waals surface area contributed by atoms with Gasteiger partial charge in [0.2, 0.25) is 5.95 Å². The summed E-state index contributed by atoms with van der Waals surface area (Å²) in [5.41, 5.74) is 5.10. The van der Waals surface area contributed by atoms with Gasteiger partial charge in [-0.1, -0.05) is 41.9 Å². The molecule has 150 valence electrons. The molecule has 0 bridgehead atoms. The van der Waals surface area contributed by atoms with E-state index >= 15 is 0 Å². The molecule has 30 heavy (non-hydrogen) atoms. The van der Waals surface area contributed by atoms with Crippen LogP contribution in [0.3, 0.4) is 0 Å². The number of anilines is 1. The van der Waals surface area contributed by atoms with E-state index in [2.05, 4.69) is 28.1 Å². The Kier molecular flexibility index (Phi) is 4.60. The number of nitrogens with one attached hydrogen (secondary N) is 1. The first-order chi connectivity index (χ1) is 14.7. The molecule has 0 fully saturated rings. The van der Waals surface area contributed by atoms with E-state index in [-0.39, 0.29) is 6.04 Å². The quantitative estimate of drug-likeness (QED) is 0.458. The summed E-state index contributed by atoms with van der Waals surface area (Å²) in [7, 11) is 3.29. The predicted molar refractivity (Wildman–Crippen MR) is 120 cm³/mol. The molecule has 6 heteroatoms. The zero-order valence-corrected chi connectivity index (χ0v) is 17.4. The van der Waals surface area contributed by atoms with Gasteiger partial charge in [0, 0.05) is 10.7 Å². The highest BCUT2D eigenvalue weighted by Crippen LogP contribution is 2.39. The molecule has 1 N–H and O–H groups in total. The number of halogens is 1. The third-order valence-electron chi connectivity index (χ3n) is 5.35. The van der Waals surface area contributed by atoms with Crippen molar-refractivity contribution in [2.24, 2.45) is 0 Å². The van der Waals surface area contributed by atoms with Gasteiger partial charge in [0.25, 0.3) is 0 Å². The third kappa shape index (κ3) is 3.08. The van der Waals surface area contributed by atoms with E-state index in [1.807, 2.05) is 54.6 Å². The number of hydrogen-bond donors (Lipinski definition) is 1. The summed E-state index contributed by atoms with van der Waals surface area (Å²) in [5, 5.41) is 4.19. The van der Waals surface area contributed by atoms with E-state index < -0.39 is 0 Å². The molecule has 1 atom stereocenters. The first-order valence-electron chi connectivity index (χ1n) is 9.61. The van der Waals surface area contributed by atoms with Crippen molar-refractivity contribution in [2.75, 3.05) is 19.5 Å². The Morgan fingerprint density at radius 3 is 2.47 bits per heavy atom. The molecule has 5 nitrogen and oxygen atoms in total. The Hall–Kier alpha value is -3.44. The number of nitrogens with zero attached hydrogens (tertiary/aromatic N) is 2. The average Bonchev–Trinajstić information content (AvgIpc) is 3.17. The smallest absolute Gasteiger partial charge is 0.209 e. The summed E-state index contributed by atoms with van der Waals surface area (Å²) in [6.45, 7) is 0. The Bertz CT molecular complexity index is 1260. The Morgan fingerprint density at radius 1 is 0.933 bits per heavy atom. The normalized spacial score (nSPS) is 15.3. The van der Waals surface area contributed by atoms with Gasteiger partial charge in [0.15, 0.2) is 11.5 Å². The fourth-order valence-electron chi connectivity index (χ4n) is 3.89. The van der Waals surface area contributed by atoms with Crippen LogP contribution in [0.2, 0.25) is 5.02 Å². The van der Waals surface area contributed by atoms with Gasteiger partial charge < -0.3 is 14.8 Å². The minimum absolute atomic E-state index is 0.0702. The molecule has 1 aliphatic rings. The second kappa shape index (κ2) is 7.43. The third-order valence-corrected chi connectivity index (χ3v) is 5.60. The van der Waals surface area contributed by atoms with Crippen molar-refractivity contribution in [2.45, 2.75) is 6.04 Å². The summed E-state index contributed by atoms with van der Waals surface area (Å²) in [4.78, 5) is 4.83. The summed E-state index contributed by atoms with van der Waals surface area (Å²) < 4.78 is 13.2. The van der Waals surface area contributed by atoms with Crippen LogP contribution >= 0.6 is 11.6 Å². The van der Waals surface area contributed by atoms with Gasteiger partial charge >= 0.3 is 0 Å². The van der Waals surface area contributed by atoms with Crippen LogP contribution in [0.5, 0.6) is 11.5 Å². The van der Waals surface area contributed by atoms with Crippen molar-refractivity contribution in [1.29, 1.82) is 0 Å². The van der Waals surface area contributed by atoms with Crippen LogP contribution in [0.1, 0.15) is 17.2 Å². The predicted octanol–water partition coefficient (Wildman–Crippen LogP) is 5.76. The van der Waals surface area contributed by atoms with E-state index in [0.717, 1.165) is 33.8 Å². The number of ether oxygens (including phenoxy) is 2. The molecule has 1 aliphatic heterocycles. The van der Waals surface area contributed by atoms with Gasteiger partial charge in [-0.15, -0.1) is 0 Å². The summed E-state index contributed by atoms with van der Waals surface area (Å²) >= 11 is 6.09. The monoisotopic (exact) mass is 417 g/mol. The number of benzene rings is 3. The summed E-state index contributed by atoms with van der Waals surface area (Å²) in [6.07, 6.45) is 2.20. The van der Waals surface area contributed by atoms with Gasteiger partial charge in [-0.2, -0.15) is 0 Å². The van der Waals surface area contributed by atoms with Crippen molar-refractivity contribution in [3.05, 3.63) is 89.0 Å². The lowest BCUT2D eigenvalue weighted by Gasteiger charge is -2.27. The van der Waals surface area contributed by atoms with Gasteiger partial charge in [-0.25, -0.2) is 4.98 Å². The number of methoxy groups -OCH3 is 2. The maximum absolute atomic E-state index is 6.09. The number of aromatic nitrogens is 2. The maximum Gasteiger partial charge on any atom is 0.209 e. The number of hydrogen-bond acceptors (Lipinski definition) is 4. The van der Waals surface area contributed by atoms with E-state index in [1.165, 1.54) is 0 Å². The summed E-state index contributed by atoms with van der Waals surface area (Å²) in [5.74, 6) is 2.19. The minimum atomic E-state index is -0.0702. The fraction of sp³-hybridized carbons (Fsp3) is 0.125. The lowest BCUT2D eigenvalue weighted by atomic mass is 10.0. The molecule has 0 aliphatic carbocycles. The molecular weight excluding hydrogens is 398 g/mol. The topological polar surface area (TPSA) is 48.3 Å². The van der Waals surface area contributed by atoms with E-state index in [0.29, 0.717) is 16.5 Å². The molecule has 3 aromatic carbocycles. The van der Waals surface area contributed by atoms with E-state index in [4.69, 9.17) is 26.1 Å². The number of fused-ring (bicyclic) bond motifs is 3. The molecule has 5 rings (SSSR count). The van der Waals surface area contributed by atoms with E-state index in [9.17, 15) is 0 Å². The number of para-hydroxylation sites is 2. The molecule has 0 amide bonds. The first kappa shape index (κ1) is 18.6. The molecule has 4 aromatic rings. The number of imidazole rings is 1. The number of rotatable bonds is 4. The molecule has 1 unspecified atom stereocenters. The molecule has 0 saturated heterocycles. The van der Waals surface area contributed by atoms with Crippen LogP contribution < -0.4 is 14.8 Å². The van der Waals surface area contributed by atoms with Crippen LogP contribution in [0, 0.1) is 0 Å². The highest BCUT2D eigenvalue weighted by atomic mass is 35.5. The molecular formula is C24H20ClN3O2. The van der Waals surface area contributed by atoms with Crippen molar-refractivity contribution < 1.29 is 9.47 Å². The van der Waals surface area contributed by atoms with Crippen LogP contribution in [0.25, 0.3) is 16.7 Å². The minimum Gasteiger partial charge on any atom is -0.493 e. The molecule has 0 saturated carbocycles. The highest BCUT2D eigenvalue weighted by molar-refractivity contribution is 6.30. The largest absolute Gasteiger partial charge is 0.493 e. The molecule has 1 aromatic heterocycles. The second-order valence-corrected chi connectivity index (χ2v) is 7.50. The van der Waals surface area contributed by atoms with E-state index in [1.54, 1.807) is 14.2 Å². The van der Waals surface area contributed by atoms with Gasteiger partial charge in [-0.05, 0) is 53.6 Å². The Labute approximate surface area is 179 Å². The lowest BCUT2D eigenvalue weighted by Crippen LogP contribution is -2.19. The van der Waals surface area contributed by atoms with Gasteiger partial charge in [0.1, 0.15) is 0 Å². The van der Waals surface area contributed by atoms with Crippen LogP contribution in [-0.2, 0) is 0 Å². The second-order valence-electron chi connectivity index (χ2n) is 7.07. The van der Waals surface area contributed by atoms with Crippen LogP contribution in [-0.4, -0.2) is 23.8 Å².